The van der Waals surface area contributed by atoms with Crippen LogP contribution >= 0.6 is 31.9 Å². The molecule has 0 saturated heterocycles. The average Bonchev–Trinajstić information content (AvgIpc) is 2.37. The Morgan fingerprint density at radius 1 is 1.17 bits per heavy atom. The summed E-state index contributed by atoms with van der Waals surface area (Å²) in [6.45, 7) is 0.120. The summed E-state index contributed by atoms with van der Waals surface area (Å²) in [5.74, 6) is 0.0803. The van der Waals surface area contributed by atoms with E-state index in [1.807, 2.05) is 36.5 Å². The second-order valence-electron chi connectivity index (χ2n) is 4.12. The third-order valence-electron chi connectivity index (χ3n) is 2.81. The molecule has 4 heteroatoms. The Morgan fingerprint density at radius 2 is 1.94 bits per heavy atom. The van der Waals surface area contributed by atoms with Crippen LogP contribution in [-0.4, -0.2) is 16.7 Å². The van der Waals surface area contributed by atoms with Gasteiger partial charge in [-0.3, -0.25) is 4.98 Å². The molecular formula is C14H13Br2NO. The summed E-state index contributed by atoms with van der Waals surface area (Å²) in [5.41, 5.74) is 2.24. The Morgan fingerprint density at radius 3 is 2.61 bits per heavy atom. The summed E-state index contributed by atoms with van der Waals surface area (Å²) >= 11 is 6.94. The van der Waals surface area contributed by atoms with Gasteiger partial charge in [-0.25, -0.2) is 0 Å². The summed E-state index contributed by atoms with van der Waals surface area (Å²) in [6.07, 6.45) is 4.37. The number of aromatic nitrogens is 1. The van der Waals surface area contributed by atoms with Crippen LogP contribution in [0.15, 0.2) is 51.7 Å². The predicted octanol–water partition coefficient (Wildman–Crippen LogP) is 3.93. The molecule has 1 aromatic carbocycles. The normalized spacial score (nSPS) is 12.4. The molecule has 2 rings (SSSR count). The van der Waals surface area contributed by atoms with Crippen molar-refractivity contribution in [3.8, 4) is 0 Å². The number of aliphatic hydroxyl groups excluding tert-OH is 1. The molecule has 0 fully saturated rings. The lowest BCUT2D eigenvalue weighted by atomic mass is 9.93. The molecule has 0 bridgehead atoms. The Kier molecular flexibility index (Phi) is 4.92. The van der Waals surface area contributed by atoms with Gasteiger partial charge in [0.05, 0.1) is 6.61 Å². The monoisotopic (exact) mass is 369 g/mol. The Balaban J connectivity index is 2.23. The molecule has 1 N–H and O–H groups in total. The molecular weight excluding hydrogens is 358 g/mol. The van der Waals surface area contributed by atoms with Crippen LogP contribution in [0.5, 0.6) is 0 Å². The lowest BCUT2D eigenvalue weighted by Gasteiger charge is -2.16. The van der Waals surface area contributed by atoms with E-state index < -0.39 is 0 Å². The topological polar surface area (TPSA) is 33.1 Å². The van der Waals surface area contributed by atoms with Crippen molar-refractivity contribution in [2.45, 2.75) is 12.3 Å². The molecule has 2 aromatic rings. The number of aliphatic hydroxyl groups is 1. The molecule has 2 nitrogen and oxygen atoms in total. The fourth-order valence-corrected chi connectivity index (χ4v) is 2.95. The Labute approximate surface area is 123 Å². The van der Waals surface area contributed by atoms with Gasteiger partial charge in [0.1, 0.15) is 0 Å². The molecule has 1 unspecified atom stereocenters. The highest BCUT2D eigenvalue weighted by atomic mass is 79.9. The third kappa shape index (κ3) is 3.40. The largest absolute Gasteiger partial charge is 0.396 e. The van der Waals surface area contributed by atoms with E-state index in [0.717, 1.165) is 26.5 Å². The molecule has 0 radical (unpaired) electrons. The number of pyridine rings is 1. The molecule has 0 saturated carbocycles. The molecule has 0 aliphatic heterocycles. The van der Waals surface area contributed by atoms with Crippen LogP contribution < -0.4 is 0 Å². The van der Waals surface area contributed by atoms with Crippen LogP contribution in [0.1, 0.15) is 17.0 Å². The van der Waals surface area contributed by atoms with Crippen molar-refractivity contribution in [2.75, 3.05) is 6.61 Å². The fourth-order valence-electron chi connectivity index (χ4n) is 1.93. The van der Waals surface area contributed by atoms with Crippen molar-refractivity contribution >= 4 is 31.9 Å². The second kappa shape index (κ2) is 6.45. The highest BCUT2D eigenvalue weighted by molar-refractivity contribution is 9.10. The van der Waals surface area contributed by atoms with Gasteiger partial charge in [-0.05, 0) is 45.6 Å². The molecule has 1 atom stereocenters. The first kappa shape index (κ1) is 13.7. The van der Waals surface area contributed by atoms with Gasteiger partial charge in [-0.2, -0.15) is 0 Å². The molecule has 0 amide bonds. The van der Waals surface area contributed by atoms with Crippen LogP contribution in [-0.2, 0) is 6.42 Å². The van der Waals surface area contributed by atoms with Crippen LogP contribution in [0.4, 0.5) is 0 Å². The minimum Gasteiger partial charge on any atom is -0.396 e. The number of hydrogen-bond acceptors (Lipinski definition) is 2. The molecule has 0 aliphatic carbocycles. The Bertz CT molecular complexity index is 531. The van der Waals surface area contributed by atoms with Crippen molar-refractivity contribution in [2.24, 2.45) is 0 Å². The maximum Gasteiger partial charge on any atom is 0.0503 e. The number of halogens is 2. The van der Waals surface area contributed by atoms with Gasteiger partial charge in [0.15, 0.2) is 0 Å². The minimum atomic E-state index is 0.0803. The first-order valence-corrected chi connectivity index (χ1v) is 7.24. The average molecular weight is 371 g/mol. The quantitative estimate of drug-likeness (QED) is 0.884. The van der Waals surface area contributed by atoms with Gasteiger partial charge >= 0.3 is 0 Å². The van der Waals surface area contributed by atoms with Gasteiger partial charge < -0.3 is 5.11 Å². The van der Waals surface area contributed by atoms with Crippen LogP contribution in [0.25, 0.3) is 0 Å². The van der Waals surface area contributed by atoms with Crippen molar-refractivity contribution in [1.29, 1.82) is 0 Å². The minimum absolute atomic E-state index is 0.0803. The van der Waals surface area contributed by atoms with Crippen molar-refractivity contribution in [3.05, 3.63) is 62.8 Å². The van der Waals surface area contributed by atoms with E-state index in [1.54, 1.807) is 6.20 Å². The molecule has 0 aliphatic rings. The van der Waals surface area contributed by atoms with Gasteiger partial charge in [0.25, 0.3) is 0 Å². The predicted molar refractivity (Wildman–Crippen MR) is 79.6 cm³/mol. The summed E-state index contributed by atoms with van der Waals surface area (Å²) < 4.78 is 2.00. The zero-order valence-corrected chi connectivity index (χ0v) is 12.9. The summed E-state index contributed by atoms with van der Waals surface area (Å²) in [6, 6.07) is 10.0. The zero-order chi connectivity index (χ0) is 13.0. The summed E-state index contributed by atoms with van der Waals surface area (Å²) in [5, 5.41) is 9.58. The first-order chi connectivity index (χ1) is 8.70. The molecule has 94 valence electrons. The van der Waals surface area contributed by atoms with E-state index in [4.69, 9.17) is 0 Å². The Hall–Kier alpha value is -0.710. The fraction of sp³-hybridized carbons (Fsp3) is 0.214. The highest BCUT2D eigenvalue weighted by Crippen LogP contribution is 2.27. The lowest BCUT2D eigenvalue weighted by molar-refractivity contribution is 0.264. The van der Waals surface area contributed by atoms with E-state index in [-0.39, 0.29) is 12.5 Å². The number of nitrogens with zero attached hydrogens (tertiary/aromatic N) is 1. The van der Waals surface area contributed by atoms with Gasteiger partial charge in [-0.1, -0.05) is 34.1 Å². The summed E-state index contributed by atoms with van der Waals surface area (Å²) in [4.78, 5) is 4.15. The van der Waals surface area contributed by atoms with Crippen molar-refractivity contribution in [1.82, 2.24) is 4.98 Å². The van der Waals surface area contributed by atoms with Crippen LogP contribution in [0, 0.1) is 0 Å². The van der Waals surface area contributed by atoms with Crippen molar-refractivity contribution in [3.63, 3.8) is 0 Å². The second-order valence-corrected chi connectivity index (χ2v) is 5.89. The molecule has 1 heterocycles. The van der Waals surface area contributed by atoms with Crippen molar-refractivity contribution < 1.29 is 5.11 Å². The number of rotatable bonds is 4. The van der Waals surface area contributed by atoms with Crippen LogP contribution in [0.3, 0.4) is 0 Å². The lowest BCUT2D eigenvalue weighted by Crippen LogP contribution is -2.08. The molecule has 18 heavy (non-hydrogen) atoms. The highest BCUT2D eigenvalue weighted by Gasteiger charge is 2.14. The number of hydrogen-bond donors (Lipinski definition) is 1. The van der Waals surface area contributed by atoms with E-state index in [1.165, 1.54) is 0 Å². The molecule has 1 aromatic heterocycles. The van der Waals surface area contributed by atoms with Gasteiger partial charge in [0.2, 0.25) is 0 Å². The van der Waals surface area contributed by atoms with E-state index in [2.05, 4.69) is 36.8 Å². The van der Waals surface area contributed by atoms with Crippen LogP contribution in [0.2, 0.25) is 0 Å². The zero-order valence-electron chi connectivity index (χ0n) is 9.68. The maximum atomic E-state index is 9.58. The standard InChI is InChI=1S/C14H13Br2NO/c15-12-6-10(7-17-8-12)5-11(9-18)13-3-1-2-4-14(13)16/h1-4,6-8,11,18H,5,9H2. The summed E-state index contributed by atoms with van der Waals surface area (Å²) in [7, 11) is 0. The molecule has 0 spiro atoms. The van der Waals surface area contributed by atoms with E-state index >= 15 is 0 Å². The van der Waals surface area contributed by atoms with E-state index in [0.29, 0.717) is 0 Å². The first-order valence-electron chi connectivity index (χ1n) is 5.65. The van der Waals surface area contributed by atoms with E-state index in [9.17, 15) is 5.11 Å². The SMILES string of the molecule is OCC(Cc1cncc(Br)c1)c1ccccc1Br. The third-order valence-corrected chi connectivity index (χ3v) is 3.96. The van der Waals surface area contributed by atoms with Gasteiger partial charge in [-0.15, -0.1) is 0 Å². The smallest absolute Gasteiger partial charge is 0.0503 e. The van der Waals surface area contributed by atoms with Gasteiger partial charge in [0, 0.05) is 27.3 Å². The maximum absolute atomic E-state index is 9.58. The number of benzene rings is 1.